The van der Waals surface area contributed by atoms with Gasteiger partial charge >= 0.3 is 6.03 Å². The van der Waals surface area contributed by atoms with Crippen LogP contribution in [0.1, 0.15) is 25.1 Å². The molecule has 3 heterocycles. The predicted molar refractivity (Wildman–Crippen MR) is 85.5 cm³/mol. The van der Waals surface area contributed by atoms with Crippen molar-refractivity contribution >= 4 is 17.8 Å². The van der Waals surface area contributed by atoms with E-state index in [1.54, 1.807) is 0 Å². The molecule has 1 fully saturated rings. The van der Waals surface area contributed by atoms with E-state index in [-0.39, 0.29) is 6.03 Å². The number of nitrogens with zero attached hydrogens (tertiary/aromatic N) is 3. The summed E-state index contributed by atoms with van der Waals surface area (Å²) in [5, 5.41) is 3.69. The SMILES string of the molecule is CN(CC1CCn2ccnc2C1)C(=O)NCC1CCCS1. The molecule has 3 rings (SSSR count). The Kier molecular flexibility index (Phi) is 4.73. The summed E-state index contributed by atoms with van der Waals surface area (Å²) in [5.41, 5.74) is 0. The van der Waals surface area contributed by atoms with Crippen LogP contribution in [-0.4, -0.2) is 51.6 Å². The molecule has 116 valence electrons. The van der Waals surface area contributed by atoms with Gasteiger partial charge in [0, 0.05) is 50.7 Å². The van der Waals surface area contributed by atoms with Crippen LogP contribution in [0.2, 0.25) is 0 Å². The Balaban J connectivity index is 1.43. The minimum Gasteiger partial charge on any atom is -0.337 e. The van der Waals surface area contributed by atoms with Crippen LogP contribution < -0.4 is 5.32 Å². The molecule has 1 N–H and O–H groups in total. The quantitative estimate of drug-likeness (QED) is 0.925. The van der Waals surface area contributed by atoms with E-state index in [1.165, 1.54) is 18.6 Å². The maximum Gasteiger partial charge on any atom is 0.317 e. The molecule has 5 nitrogen and oxygen atoms in total. The van der Waals surface area contributed by atoms with Gasteiger partial charge in [0.2, 0.25) is 0 Å². The number of hydrogen-bond acceptors (Lipinski definition) is 3. The van der Waals surface area contributed by atoms with Gasteiger partial charge in [-0.2, -0.15) is 11.8 Å². The third-order valence-corrected chi connectivity index (χ3v) is 5.83. The summed E-state index contributed by atoms with van der Waals surface area (Å²) < 4.78 is 2.22. The first-order valence-electron chi connectivity index (χ1n) is 7.83. The maximum atomic E-state index is 12.2. The molecule has 21 heavy (non-hydrogen) atoms. The van der Waals surface area contributed by atoms with Gasteiger partial charge in [-0.05, 0) is 30.9 Å². The first-order valence-corrected chi connectivity index (χ1v) is 8.88. The number of hydrogen-bond donors (Lipinski definition) is 1. The Morgan fingerprint density at radius 2 is 2.48 bits per heavy atom. The predicted octanol–water partition coefficient (Wildman–Crippen LogP) is 1.98. The second-order valence-electron chi connectivity index (χ2n) is 6.10. The van der Waals surface area contributed by atoms with Crippen LogP contribution in [0.5, 0.6) is 0 Å². The topological polar surface area (TPSA) is 50.2 Å². The minimum absolute atomic E-state index is 0.0661. The molecule has 1 saturated heterocycles. The molecule has 1 aromatic rings. The first-order chi connectivity index (χ1) is 10.2. The number of amides is 2. The van der Waals surface area contributed by atoms with Crippen molar-refractivity contribution in [1.82, 2.24) is 19.8 Å². The molecule has 0 spiro atoms. The van der Waals surface area contributed by atoms with Gasteiger partial charge in [-0.1, -0.05) is 0 Å². The lowest BCUT2D eigenvalue weighted by atomic mass is 9.97. The van der Waals surface area contributed by atoms with Gasteiger partial charge in [-0.3, -0.25) is 0 Å². The van der Waals surface area contributed by atoms with Gasteiger partial charge in [0.25, 0.3) is 0 Å². The summed E-state index contributed by atoms with van der Waals surface area (Å²) in [6, 6.07) is 0.0661. The highest BCUT2D eigenvalue weighted by Gasteiger charge is 2.23. The van der Waals surface area contributed by atoms with Gasteiger partial charge in [0.15, 0.2) is 0 Å². The maximum absolute atomic E-state index is 12.2. The standard InChI is InChI=1S/C15H24N4OS/c1-18(15(20)17-10-13-3-2-8-21-13)11-12-4-6-19-7-5-16-14(19)9-12/h5,7,12-13H,2-4,6,8-11H2,1H3,(H,17,20). The van der Waals surface area contributed by atoms with Gasteiger partial charge in [0.1, 0.15) is 5.82 Å². The fourth-order valence-corrected chi connectivity index (χ4v) is 4.38. The van der Waals surface area contributed by atoms with Crippen molar-refractivity contribution in [2.45, 2.75) is 37.5 Å². The van der Waals surface area contributed by atoms with Crippen molar-refractivity contribution in [3.63, 3.8) is 0 Å². The zero-order valence-corrected chi connectivity index (χ0v) is 13.4. The molecule has 0 radical (unpaired) electrons. The Labute approximate surface area is 130 Å². The molecule has 2 atom stereocenters. The highest BCUT2D eigenvalue weighted by atomic mass is 32.2. The summed E-state index contributed by atoms with van der Waals surface area (Å²) >= 11 is 1.98. The largest absolute Gasteiger partial charge is 0.337 e. The van der Waals surface area contributed by atoms with E-state index < -0.39 is 0 Å². The average Bonchev–Trinajstić information content (AvgIpc) is 3.15. The van der Waals surface area contributed by atoms with Gasteiger partial charge in [0.05, 0.1) is 0 Å². The van der Waals surface area contributed by atoms with Crippen LogP contribution >= 0.6 is 11.8 Å². The lowest BCUT2D eigenvalue weighted by molar-refractivity contribution is 0.194. The second-order valence-corrected chi connectivity index (χ2v) is 7.51. The van der Waals surface area contributed by atoms with Crippen molar-refractivity contribution in [2.24, 2.45) is 5.92 Å². The third kappa shape index (κ3) is 3.73. The Hall–Kier alpha value is -1.17. The Morgan fingerprint density at radius 3 is 3.29 bits per heavy atom. The van der Waals surface area contributed by atoms with Crippen LogP contribution in [0.3, 0.4) is 0 Å². The van der Waals surface area contributed by atoms with Crippen molar-refractivity contribution < 1.29 is 4.79 Å². The van der Waals surface area contributed by atoms with Crippen LogP contribution in [0.15, 0.2) is 12.4 Å². The van der Waals surface area contributed by atoms with E-state index in [2.05, 4.69) is 14.9 Å². The summed E-state index contributed by atoms with van der Waals surface area (Å²) in [4.78, 5) is 18.4. The van der Waals surface area contributed by atoms with Crippen molar-refractivity contribution in [3.8, 4) is 0 Å². The molecule has 2 amide bonds. The number of carbonyl (C=O) groups is 1. The summed E-state index contributed by atoms with van der Waals surface area (Å²) in [6.07, 6.45) is 8.53. The van der Waals surface area contributed by atoms with E-state index in [9.17, 15) is 4.79 Å². The zero-order chi connectivity index (χ0) is 14.7. The minimum atomic E-state index is 0.0661. The van der Waals surface area contributed by atoms with E-state index in [0.29, 0.717) is 11.2 Å². The number of aromatic nitrogens is 2. The fraction of sp³-hybridized carbons (Fsp3) is 0.733. The van der Waals surface area contributed by atoms with E-state index in [0.717, 1.165) is 38.3 Å². The van der Waals surface area contributed by atoms with Gasteiger partial charge in [-0.25, -0.2) is 9.78 Å². The van der Waals surface area contributed by atoms with E-state index in [4.69, 9.17) is 0 Å². The number of fused-ring (bicyclic) bond motifs is 1. The van der Waals surface area contributed by atoms with Crippen LogP contribution in [0.4, 0.5) is 4.79 Å². The monoisotopic (exact) mass is 308 g/mol. The molecule has 0 bridgehead atoms. The number of carbonyl (C=O) groups excluding carboxylic acids is 1. The lowest BCUT2D eigenvalue weighted by Gasteiger charge is -2.28. The summed E-state index contributed by atoms with van der Waals surface area (Å²) in [5.74, 6) is 2.92. The van der Waals surface area contributed by atoms with E-state index >= 15 is 0 Å². The molecule has 1 aromatic heterocycles. The number of thioether (sulfide) groups is 1. The van der Waals surface area contributed by atoms with Crippen LogP contribution in [0, 0.1) is 5.92 Å². The van der Waals surface area contributed by atoms with Crippen LogP contribution in [0.25, 0.3) is 0 Å². The van der Waals surface area contributed by atoms with E-state index in [1.807, 2.05) is 36.1 Å². The van der Waals surface area contributed by atoms with Gasteiger partial charge < -0.3 is 14.8 Å². The second kappa shape index (κ2) is 6.73. The number of urea groups is 1. The van der Waals surface area contributed by atoms with Crippen molar-refractivity contribution in [3.05, 3.63) is 18.2 Å². The number of imidazole rings is 1. The molecular weight excluding hydrogens is 284 g/mol. The summed E-state index contributed by atoms with van der Waals surface area (Å²) in [6.45, 7) is 2.65. The lowest BCUT2D eigenvalue weighted by Crippen LogP contribution is -2.43. The van der Waals surface area contributed by atoms with Crippen molar-refractivity contribution in [2.75, 3.05) is 25.9 Å². The number of rotatable bonds is 4. The molecular formula is C15H24N4OS. The summed E-state index contributed by atoms with van der Waals surface area (Å²) in [7, 11) is 1.90. The fourth-order valence-electron chi connectivity index (χ4n) is 3.18. The van der Waals surface area contributed by atoms with Crippen molar-refractivity contribution in [1.29, 1.82) is 0 Å². The molecule has 0 saturated carbocycles. The normalized spacial score (nSPS) is 24.6. The Morgan fingerprint density at radius 1 is 1.57 bits per heavy atom. The average molecular weight is 308 g/mol. The number of aryl methyl sites for hydroxylation is 1. The number of nitrogens with one attached hydrogen (secondary N) is 1. The molecule has 2 unspecified atom stereocenters. The molecule has 2 aliphatic heterocycles. The third-order valence-electron chi connectivity index (χ3n) is 4.43. The highest BCUT2D eigenvalue weighted by Crippen LogP contribution is 2.25. The molecule has 0 aliphatic carbocycles. The highest BCUT2D eigenvalue weighted by molar-refractivity contribution is 8.00. The molecule has 0 aromatic carbocycles. The zero-order valence-electron chi connectivity index (χ0n) is 12.6. The van der Waals surface area contributed by atoms with Gasteiger partial charge in [-0.15, -0.1) is 0 Å². The molecule has 6 heteroatoms. The smallest absolute Gasteiger partial charge is 0.317 e. The first kappa shape index (κ1) is 14.8. The van der Waals surface area contributed by atoms with Crippen LogP contribution in [-0.2, 0) is 13.0 Å². The Bertz CT molecular complexity index is 484. The molecule has 2 aliphatic rings.